The number of hydrogen-bond acceptors (Lipinski definition) is 6. The van der Waals surface area contributed by atoms with Crippen LogP contribution in [0.3, 0.4) is 0 Å². The van der Waals surface area contributed by atoms with Gasteiger partial charge in [0.1, 0.15) is 0 Å². The SMILES string of the molecule is CCNCc1cn[nH]c1S(=O)(=O)NCCOCCOC. The van der Waals surface area contributed by atoms with Crippen LogP contribution in [0.15, 0.2) is 11.2 Å². The third-order valence-corrected chi connectivity index (χ3v) is 3.96. The summed E-state index contributed by atoms with van der Waals surface area (Å²) in [4.78, 5) is 0. The number of hydrogen-bond donors (Lipinski definition) is 3. The maximum Gasteiger partial charge on any atom is 0.257 e. The summed E-state index contributed by atoms with van der Waals surface area (Å²) in [5.74, 6) is 0. The van der Waals surface area contributed by atoms with Gasteiger partial charge in [0.2, 0.25) is 0 Å². The van der Waals surface area contributed by atoms with Gasteiger partial charge in [-0.25, -0.2) is 13.1 Å². The van der Waals surface area contributed by atoms with Crippen LogP contribution < -0.4 is 10.0 Å². The highest BCUT2D eigenvalue weighted by Crippen LogP contribution is 2.10. The summed E-state index contributed by atoms with van der Waals surface area (Å²) in [6, 6.07) is 0. The normalized spacial score (nSPS) is 11.9. The number of nitrogens with zero attached hydrogens (tertiary/aromatic N) is 1. The molecule has 0 saturated heterocycles. The van der Waals surface area contributed by atoms with Gasteiger partial charge in [-0.3, -0.25) is 5.10 Å². The molecule has 8 nitrogen and oxygen atoms in total. The lowest BCUT2D eigenvalue weighted by molar-refractivity contribution is 0.0736. The van der Waals surface area contributed by atoms with Crippen molar-refractivity contribution in [3.05, 3.63) is 11.8 Å². The Hall–Kier alpha value is -1.00. The second-order valence-electron chi connectivity index (χ2n) is 4.01. The van der Waals surface area contributed by atoms with E-state index in [2.05, 4.69) is 20.2 Å². The number of ether oxygens (including phenoxy) is 2. The summed E-state index contributed by atoms with van der Waals surface area (Å²) in [5.41, 5.74) is 0.611. The molecule has 0 aromatic carbocycles. The van der Waals surface area contributed by atoms with E-state index in [-0.39, 0.29) is 11.6 Å². The maximum absolute atomic E-state index is 12.1. The third kappa shape index (κ3) is 5.55. The predicted molar refractivity (Wildman–Crippen MR) is 73.9 cm³/mol. The fourth-order valence-corrected chi connectivity index (χ4v) is 2.62. The largest absolute Gasteiger partial charge is 0.382 e. The van der Waals surface area contributed by atoms with Crippen molar-refractivity contribution in [1.82, 2.24) is 20.2 Å². The topological polar surface area (TPSA) is 105 Å². The predicted octanol–water partition coefficient (Wildman–Crippen LogP) is -0.539. The van der Waals surface area contributed by atoms with Gasteiger partial charge < -0.3 is 14.8 Å². The number of sulfonamides is 1. The average molecular weight is 306 g/mol. The first kappa shape index (κ1) is 17.1. The maximum atomic E-state index is 12.1. The van der Waals surface area contributed by atoms with Crippen molar-refractivity contribution >= 4 is 10.0 Å². The first-order chi connectivity index (χ1) is 9.61. The molecule has 116 valence electrons. The minimum atomic E-state index is -3.59. The van der Waals surface area contributed by atoms with Crippen molar-refractivity contribution in [2.45, 2.75) is 18.5 Å². The molecular weight excluding hydrogens is 284 g/mol. The summed E-state index contributed by atoms with van der Waals surface area (Å²) < 4.78 is 36.6. The van der Waals surface area contributed by atoms with Crippen LogP contribution in [0.4, 0.5) is 0 Å². The van der Waals surface area contributed by atoms with E-state index in [9.17, 15) is 8.42 Å². The van der Waals surface area contributed by atoms with Crippen LogP contribution in [-0.4, -0.2) is 58.6 Å². The Morgan fingerprint density at radius 2 is 2.15 bits per heavy atom. The molecule has 9 heteroatoms. The van der Waals surface area contributed by atoms with E-state index in [1.807, 2.05) is 6.92 Å². The highest BCUT2D eigenvalue weighted by atomic mass is 32.2. The second-order valence-corrected chi connectivity index (χ2v) is 5.71. The lowest BCUT2D eigenvalue weighted by atomic mass is 10.3. The van der Waals surface area contributed by atoms with Crippen molar-refractivity contribution in [2.75, 3.05) is 40.0 Å². The molecule has 0 aliphatic rings. The van der Waals surface area contributed by atoms with Crippen molar-refractivity contribution in [1.29, 1.82) is 0 Å². The quantitative estimate of drug-likeness (QED) is 0.474. The first-order valence-corrected chi connectivity index (χ1v) is 7.89. The monoisotopic (exact) mass is 306 g/mol. The van der Waals surface area contributed by atoms with Gasteiger partial charge in [-0.05, 0) is 6.54 Å². The van der Waals surface area contributed by atoms with E-state index in [1.165, 1.54) is 6.20 Å². The van der Waals surface area contributed by atoms with Crippen LogP contribution in [0.5, 0.6) is 0 Å². The summed E-state index contributed by atoms with van der Waals surface area (Å²) in [5, 5.41) is 9.45. The fraction of sp³-hybridized carbons (Fsp3) is 0.727. The Labute approximate surface area is 119 Å². The molecule has 0 saturated carbocycles. The minimum Gasteiger partial charge on any atom is -0.382 e. The Morgan fingerprint density at radius 1 is 1.35 bits per heavy atom. The van der Waals surface area contributed by atoms with Crippen LogP contribution >= 0.6 is 0 Å². The zero-order chi connectivity index (χ0) is 14.8. The average Bonchev–Trinajstić information content (AvgIpc) is 2.89. The molecule has 0 bridgehead atoms. The number of rotatable bonds is 11. The molecule has 0 aliphatic heterocycles. The van der Waals surface area contributed by atoms with Crippen LogP contribution in [-0.2, 0) is 26.0 Å². The van der Waals surface area contributed by atoms with Crippen LogP contribution in [0.2, 0.25) is 0 Å². The van der Waals surface area contributed by atoms with Gasteiger partial charge in [0, 0.05) is 25.8 Å². The molecular formula is C11H22N4O4S. The Balaban J connectivity index is 2.45. The fourth-order valence-electron chi connectivity index (χ4n) is 1.48. The molecule has 0 aliphatic carbocycles. The van der Waals surface area contributed by atoms with E-state index in [0.29, 0.717) is 31.9 Å². The summed E-state index contributed by atoms with van der Waals surface area (Å²) >= 11 is 0. The van der Waals surface area contributed by atoms with Gasteiger partial charge in [0.15, 0.2) is 5.03 Å². The third-order valence-electron chi connectivity index (χ3n) is 2.48. The molecule has 1 rings (SSSR count). The molecule has 1 aromatic rings. The molecule has 1 heterocycles. The molecule has 0 amide bonds. The van der Waals surface area contributed by atoms with Gasteiger partial charge in [-0.2, -0.15) is 5.10 Å². The van der Waals surface area contributed by atoms with E-state index in [0.717, 1.165) is 6.54 Å². The van der Waals surface area contributed by atoms with Crippen molar-refractivity contribution in [3.63, 3.8) is 0 Å². The Bertz CT molecular complexity index is 475. The van der Waals surface area contributed by atoms with E-state index >= 15 is 0 Å². The Kier molecular flexibility index (Phi) is 7.70. The minimum absolute atomic E-state index is 0.0929. The van der Waals surface area contributed by atoms with Crippen molar-refractivity contribution < 1.29 is 17.9 Å². The molecule has 3 N–H and O–H groups in total. The standard InChI is InChI=1S/C11H22N4O4S/c1-3-12-8-10-9-13-15-11(10)20(16,17)14-4-5-19-7-6-18-2/h9,12,14H,3-8H2,1-2H3,(H,13,15). The zero-order valence-electron chi connectivity index (χ0n) is 11.8. The lowest BCUT2D eigenvalue weighted by Gasteiger charge is -2.08. The number of aromatic nitrogens is 2. The zero-order valence-corrected chi connectivity index (χ0v) is 12.6. The Morgan fingerprint density at radius 3 is 2.85 bits per heavy atom. The number of nitrogens with one attached hydrogen (secondary N) is 3. The number of aromatic amines is 1. The van der Waals surface area contributed by atoms with Crippen LogP contribution in [0, 0.1) is 0 Å². The molecule has 0 fully saturated rings. The van der Waals surface area contributed by atoms with Crippen LogP contribution in [0.1, 0.15) is 12.5 Å². The van der Waals surface area contributed by atoms with Gasteiger partial charge in [0.25, 0.3) is 10.0 Å². The van der Waals surface area contributed by atoms with E-state index < -0.39 is 10.0 Å². The molecule has 1 aromatic heterocycles. The molecule has 0 unspecified atom stereocenters. The van der Waals surface area contributed by atoms with Gasteiger partial charge in [-0.15, -0.1) is 0 Å². The van der Waals surface area contributed by atoms with Crippen LogP contribution in [0.25, 0.3) is 0 Å². The number of H-pyrrole nitrogens is 1. The van der Waals surface area contributed by atoms with Gasteiger partial charge in [0.05, 0.1) is 26.0 Å². The highest BCUT2D eigenvalue weighted by molar-refractivity contribution is 7.89. The summed E-state index contributed by atoms with van der Waals surface area (Å²) in [7, 11) is -2.01. The molecule has 0 radical (unpaired) electrons. The first-order valence-electron chi connectivity index (χ1n) is 6.41. The lowest BCUT2D eigenvalue weighted by Crippen LogP contribution is -2.29. The highest BCUT2D eigenvalue weighted by Gasteiger charge is 2.19. The van der Waals surface area contributed by atoms with Crippen molar-refractivity contribution in [3.8, 4) is 0 Å². The molecule has 0 atom stereocenters. The summed E-state index contributed by atoms with van der Waals surface area (Å²) in [6.07, 6.45) is 1.51. The number of methoxy groups -OCH3 is 1. The van der Waals surface area contributed by atoms with Gasteiger partial charge in [-0.1, -0.05) is 6.92 Å². The van der Waals surface area contributed by atoms with E-state index in [4.69, 9.17) is 9.47 Å². The second kappa shape index (κ2) is 9.03. The summed E-state index contributed by atoms with van der Waals surface area (Å²) in [6.45, 7) is 4.57. The van der Waals surface area contributed by atoms with E-state index in [1.54, 1.807) is 7.11 Å². The smallest absolute Gasteiger partial charge is 0.257 e. The van der Waals surface area contributed by atoms with Gasteiger partial charge >= 0.3 is 0 Å². The van der Waals surface area contributed by atoms with Crippen molar-refractivity contribution in [2.24, 2.45) is 0 Å². The molecule has 20 heavy (non-hydrogen) atoms. The molecule has 0 spiro atoms.